The standard InChI is InChI=1S/C18H17BO2/c1-3-5-8-17-14(4-2)7-6-9-18(17)15-10-12-16(13-11-15)19(20)21/h4,6-7,9-13,20-21H,2-3H2,1H3. The molecule has 21 heavy (non-hydrogen) atoms. The minimum absolute atomic E-state index is 0.472. The first-order chi connectivity index (χ1) is 10.2. The molecular weight excluding hydrogens is 259 g/mol. The maximum atomic E-state index is 9.16. The smallest absolute Gasteiger partial charge is 0.423 e. The van der Waals surface area contributed by atoms with Crippen molar-refractivity contribution in [1.82, 2.24) is 0 Å². The summed E-state index contributed by atoms with van der Waals surface area (Å²) in [5.74, 6) is 6.30. The first-order valence-corrected chi connectivity index (χ1v) is 6.88. The SMILES string of the molecule is C=Cc1cccc(-c2ccc(B(O)O)cc2)c1C#CCC. The monoisotopic (exact) mass is 276 g/mol. The van der Waals surface area contributed by atoms with E-state index in [0.717, 1.165) is 28.7 Å². The number of hydrogen-bond donors (Lipinski definition) is 2. The summed E-state index contributed by atoms with van der Waals surface area (Å²) in [4.78, 5) is 0. The molecule has 0 aliphatic rings. The van der Waals surface area contributed by atoms with Gasteiger partial charge < -0.3 is 10.0 Å². The van der Waals surface area contributed by atoms with Crippen molar-refractivity contribution in [3.8, 4) is 23.0 Å². The largest absolute Gasteiger partial charge is 0.488 e. The molecule has 0 saturated carbocycles. The Morgan fingerprint density at radius 1 is 1.14 bits per heavy atom. The second kappa shape index (κ2) is 6.94. The Labute approximate surface area is 125 Å². The Morgan fingerprint density at radius 2 is 1.86 bits per heavy atom. The summed E-state index contributed by atoms with van der Waals surface area (Å²) in [6.07, 6.45) is 2.59. The van der Waals surface area contributed by atoms with Crippen LogP contribution in [0.5, 0.6) is 0 Å². The summed E-state index contributed by atoms with van der Waals surface area (Å²) in [7, 11) is -1.45. The van der Waals surface area contributed by atoms with E-state index < -0.39 is 7.12 Å². The molecule has 0 aliphatic carbocycles. The van der Waals surface area contributed by atoms with E-state index in [-0.39, 0.29) is 0 Å². The van der Waals surface area contributed by atoms with Crippen LogP contribution in [0.4, 0.5) is 0 Å². The second-order valence-electron chi connectivity index (χ2n) is 4.62. The van der Waals surface area contributed by atoms with E-state index in [1.807, 2.05) is 37.3 Å². The van der Waals surface area contributed by atoms with Gasteiger partial charge in [-0.1, -0.05) is 73.9 Å². The van der Waals surface area contributed by atoms with Gasteiger partial charge in [0.25, 0.3) is 0 Å². The Balaban J connectivity index is 2.54. The summed E-state index contributed by atoms with van der Waals surface area (Å²) >= 11 is 0. The van der Waals surface area contributed by atoms with E-state index in [2.05, 4.69) is 18.4 Å². The normalized spacial score (nSPS) is 9.67. The molecule has 2 N–H and O–H groups in total. The van der Waals surface area contributed by atoms with Crippen molar-refractivity contribution < 1.29 is 10.0 Å². The zero-order valence-electron chi connectivity index (χ0n) is 12.0. The van der Waals surface area contributed by atoms with Gasteiger partial charge in [-0.05, 0) is 22.2 Å². The fourth-order valence-corrected chi connectivity index (χ4v) is 2.13. The topological polar surface area (TPSA) is 40.5 Å². The van der Waals surface area contributed by atoms with E-state index in [9.17, 15) is 0 Å². The van der Waals surface area contributed by atoms with Gasteiger partial charge in [0.2, 0.25) is 0 Å². The summed E-state index contributed by atoms with van der Waals surface area (Å²) in [5.41, 5.74) is 4.43. The molecule has 2 aromatic carbocycles. The van der Waals surface area contributed by atoms with Crippen LogP contribution in [-0.4, -0.2) is 17.2 Å². The van der Waals surface area contributed by atoms with E-state index in [0.29, 0.717) is 5.46 Å². The Kier molecular flexibility index (Phi) is 5.00. The maximum absolute atomic E-state index is 9.16. The van der Waals surface area contributed by atoms with Crippen LogP contribution in [0.1, 0.15) is 24.5 Å². The molecule has 0 fully saturated rings. The lowest BCUT2D eigenvalue weighted by Gasteiger charge is -2.09. The van der Waals surface area contributed by atoms with Crippen LogP contribution in [0.15, 0.2) is 49.0 Å². The van der Waals surface area contributed by atoms with Crippen LogP contribution >= 0.6 is 0 Å². The van der Waals surface area contributed by atoms with Crippen LogP contribution in [0.2, 0.25) is 0 Å². The predicted octanol–water partition coefficient (Wildman–Crippen LogP) is 2.44. The van der Waals surface area contributed by atoms with E-state index >= 15 is 0 Å². The van der Waals surface area contributed by atoms with Crippen molar-refractivity contribution in [2.24, 2.45) is 0 Å². The van der Waals surface area contributed by atoms with Gasteiger partial charge in [-0.25, -0.2) is 0 Å². The van der Waals surface area contributed by atoms with Crippen LogP contribution in [-0.2, 0) is 0 Å². The highest BCUT2D eigenvalue weighted by Crippen LogP contribution is 2.26. The lowest BCUT2D eigenvalue weighted by Crippen LogP contribution is -2.29. The fraction of sp³-hybridized carbons (Fsp3) is 0.111. The van der Waals surface area contributed by atoms with Crippen LogP contribution in [0, 0.1) is 11.8 Å². The van der Waals surface area contributed by atoms with Crippen molar-refractivity contribution in [3.63, 3.8) is 0 Å². The summed E-state index contributed by atoms with van der Waals surface area (Å²) in [6, 6.07) is 13.1. The molecule has 0 bridgehead atoms. The van der Waals surface area contributed by atoms with Gasteiger partial charge in [-0.2, -0.15) is 0 Å². The average molecular weight is 276 g/mol. The summed E-state index contributed by atoms with van der Waals surface area (Å²) in [6.45, 7) is 5.85. The minimum Gasteiger partial charge on any atom is -0.423 e. The Morgan fingerprint density at radius 3 is 2.43 bits per heavy atom. The van der Waals surface area contributed by atoms with E-state index in [1.165, 1.54) is 0 Å². The third kappa shape index (κ3) is 3.43. The number of benzene rings is 2. The Bertz CT molecular complexity index is 691. The molecule has 104 valence electrons. The van der Waals surface area contributed by atoms with Crippen LogP contribution < -0.4 is 5.46 Å². The lowest BCUT2D eigenvalue weighted by molar-refractivity contribution is 0.426. The Hall–Kier alpha value is -2.28. The van der Waals surface area contributed by atoms with Crippen molar-refractivity contribution in [1.29, 1.82) is 0 Å². The highest BCUT2D eigenvalue weighted by atomic mass is 16.4. The fourth-order valence-electron chi connectivity index (χ4n) is 2.13. The minimum atomic E-state index is -1.45. The van der Waals surface area contributed by atoms with Crippen molar-refractivity contribution >= 4 is 18.7 Å². The highest BCUT2D eigenvalue weighted by molar-refractivity contribution is 6.58. The second-order valence-corrected chi connectivity index (χ2v) is 4.62. The zero-order valence-corrected chi connectivity index (χ0v) is 12.0. The molecule has 0 heterocycles. The summed E-state index contributed by atoms with van der Waals surface area (Å²) < 4.78 is 0. The molecule has 0 aromatic heterocycles. The molecule has 0 amide bonds. The van der Waals surface area contributed by atoms with Gasteiger partial charge in [0.05, 0.1) is 0 Å². The molecule has 2 rings (SSSR count). The van der Waals surface area contributed by atoms with Crippen LogP contribution in [0.3, 0.4) is 0 Å². The molecule has 0 radical (unpaired) electrons. The van der Waals surface area contributed by atoms with E-state index in [4.69, 9.17) is 10.0 Å². The predicted molar refractivity (Wildman–Crippen MR) is 89.0 cm³/mol. The molecule has 0 aliphatic heterocycles. The van der Waals surface area contributed by atoms with Gasteiger partial charge >= 0.3 is 7.12 Å². The lowest BCUT2D eigenvalue weighted by atomic mass is 9.79. The third-order valence-corrected chi connectivity index (χ3v) is 3.23. The number of hydrogen-bond acceptors (Lipinski definition) is 2. The van der Waals surface area contributed by atoms with Gasteiger partial charge in [0.15, 0.2) is 0 Å². The maximum Gasteiger partial charge on any atom is 0.488 e. The molecule has 0 spiro atoms. The van der Waals surface area contributed by atoms with E-state index in [1.54, 1.807) is 18.2 Å². The van der Waals surface area contributed by atoms with Gasteiger partial charge in [0.1, 0.15) is 0 Å². The van der Waals surface area contributed by atoms with Crippen molar-refractivity contribution in [2.75, 3.05) is 0 Å². The third-order valence-electron chi connectivity index (χ3n) is 3.23. The van der Waals surface area contributed by atoms with Crippen molar-refractivity contribution in [2.45, 2.75) is 13.3 Å². The van der Waals surface area contributed by atoms with Crippen molar-refractivity contribution in [3.05, 3.63) is 60.2 Å². The first kappa shape index (κ1) is 15.1. The molecule has 0 saturated heterocycles. The highest BCUT2D eigenvalue weighted by Gasteiger charge is 2.11. The average Bonchev–Trinajstić information content (AvgIpc) is 2.52. The van der Waals surface area contributed by atoms with Crippen LogP contribution in [0.25, 0.3) is 17.2 Å². The molecule has 2 aromatic rings. The molecule has 3 heteroatoms. The summed E-state index contributed by atoms with van der Waals surface area (Å²) in [5, 5.41) is 18.3. The molecule has 0 unspecified atom stereocenters. The first-order valence-electron chi connectivity index (χ1n) is 6.88. The molecule has 0 atom stereocenters. The molecular formula is C18H17BO2. The zero-order chi connectivity index (χ0) is 15.2. The van der Waals surface area contributed by atoms with Gasteiger partial charge in [-0.15, -0.1) is 0 Å². The number of rotatable bonds is 3. The molecule has 2 nitrogen and oxygen atoms in total. The quantitative estimate of drug-likeness (QED) is 0.667. The van der Waals surface area contributed by atoms with Gasteiger partial charge in [0, 0.05) is 12.0 Å². The van der Waals surface area contributed by atoms with Gasteiger partial charge in [-0.3, -0.25) is 0 Å².